The summed E-state index contributed by atoms with van der Waals surface area (Å²) >= 11 is 0. The van der Waals surface area contributed by atoms with Crippen LogP contribution in [0.4, 0.5) is 5.69 Å². The number of carbonyl (C=O) groups is 1. The molecule has 0 saturated carbocycles. The van der Waals surface area contributed by atoms with Gasteiger partial charge in [0.2, 0.25) is 0 Å². The largest absolute Gasteiger partial charge is 0.371 e. The van der Waals surface area contributed by atoms with Crippen LogP contribution in [0.25, 0.3) is 0 Å². The quantitative estimate of drug-likeness (QED) is 0.747. The van der Waals surface area contributed by atoms with Crippen molar-refractivity contribution in [2.75, 3.05) is 18.0 Å². The molecule has 18 heavy (non-hydrogen) atoms. The topological polar surface area (TPSA) is 20.3 Å². The maximum atomic E-state index is 10.9. The molecule has 1 aromatic carbocycles. The minimum absolute atomic E-state index is 0.516. The summed E-state index contributed by atoms with van der Waals surface area (Å²) in [5.74, 6) is 0.516. The normalized spacial score (nSPS) is 17.6. The van der Waals surface area contributed by atoms with Crippen LogP contribution in [0.1, 0.15) is 61.4 Å². The molecule has 1 fully saturated rings. The molecule has 0 bridgehead atoms. The average molecular weight is 245 g/mol. The van der Waals surface area contributed by atoms with Gasteiger partial charge in [-0.1, -0.05) is 13.8 Å². The van der Waals surface area contributed by atoms with Crippen molar-refractivity contribution in [2.45, 2.75) is 45.4 Å². The fourth-order valence-electron chi connectivity index (χ4n) is 2.68. The first-order valence-electron chi connectivity index (χ1n) is 7.10. The number of hydrogen-bond acceptors (Lipinski definition) is 2. The molecule has 1 aliphatic rings. The van der Waals surface area contributed by atoms with E-state index in [0.717, 1.165) is 31.4 Å². The van der Waals surface area contributed by atoms with Gasteiger partial charge in [0.25, 0.3) is 0 Å². The number of aldehydes is 1. The molecule has 0 amide bonds. The summed E-state index contributed by atoms with van der Waals surface area (Å²) in [5.41, 5.74) is 3.48. The highest BCUT2D eigenvalue weighted by Gasteiger charge is 2.17. The van der Waals surface area contributed by atoms with Crippen LogP contribution in [0, 0.1) is 0 Å². The van der Waals surface area contributed by atoms with Crippen molar-refractivity contribution in [2.24, 2.45) is 0 Å². The summed E-state index contributed by atoms with van der Waals surface area (Å²) in [6.07, 6.45) is 5.99. The molecule has 1 atom stereocenters. The van der Waals surface area contributed by atoms with Crippen LogP contribution in [0.3, 0.4) is 0 Å². The van der Waals surface area contributed by atoms with E-state index in [1.54, 1.807) is 0 Å². The summed E-state index contributed by atoms with van der Waals surface area (Å²) in [6, 6.07) is 6.16. The Hall–Kier alpha value is -1.31. The summed E-state index contributed by atoms with van der Waals surface area (Å²) in [7, 11) is 0. The molecular formula is C16H23NO. The molecule has 1 heterocycles. The van der Waals surface area contributed by atoms with E-state index in [-0.39, 0.29) is 0 Å². The number of carbonyl (C=O) groups excluding carboxylic acids is 1. The maximum Gasteiger partial charge on any atom is 0.150 e. The van der Waals surface area contributed by atoms with Gasteiger partial charge in [-0.25, -0.2) is 0 Å². The SMILES string of the molecule is CC[C@H](C)c1cc(C=O)ccc1N1CCCCC1. The lowest BCUT2D eigenvalue weighted by Crippen LogP contribution is -2.30. The van der Waals surface area contributed by atoms with Crippen molar-refractivity contribution in [3.05, 3.63) is 29.3 Å². The number of benzene rings is 1. The van der Waals surface area contributed by atoms with Gasteiger partial charge in [0.05, 0.1) is 0 Å². The van der Waals surface area contributed by atoms with Crippen LogP contribution in [-0.4, -0.2) is 19.4 Å². The van der Waals surface area contributed by atoms with E-state index in [0.29, 0.717) is 5.92 Å². The van der Waals surface area contributed by atoms with Crippen LogP contribution >= 0.6 is 0 Å². The predicted molar refractivity (Wildman–Crippen MR) is 76.6 cm³/mol. The van der Waals surface area contributed by atoms with E-state index in [9.17, 15) is 4.79 Å². The molecule has 0 spiro atoms. The minimum Gasteiger partial charge on any atom is -0.371 e. The van der Waals surface area contributed by atoms with Crippen molar-refractivity contribution in [3.8, 4) is 0 Å². The average Bonchev–Trinajstić information content (AvgIpc) is 2.46. The second kappa shape index (κ2) is 6.03. The Labute approximate surface area is 110 Å². The van der Waals surface area contributed by atoms with Crippen molar-refractivity contribution in [1.29, 1.82) is 0 Å². The third-order valence-corrected chi connectivity index (χ3v) is 4.03. The molecule has 0 unspecified atom stereocenters. The lowest BCUT2D eigenvalue weighted by molar-refractivity contribution is 0.112. The molecule has 2 rings (SSSR count). The van der Waals surface area contributed by atoms with Crippen molar-refractivity contribution >= 4 is 12.0 Å². The van der Waals surface area contributed by atoms with Crippen LogP contribution in [0.2, 0.25) is 0 Å². The lowest BCUT2D eigenvalue weighted by Gasteiger charge is -2.32. The van der Waals surface area contributed by atoms with Gasteiger partial charge in [-0.2, -0.15) is 0 Å². The first-order chi connectivity index (χ1) is 8.76. The third-order valence-electron chi connectivity index (χ3n) is 4.03. The second-order valence-electron chi connectivity index (χ2n) is 5.29. The van der Waals surface area contributed by atoms with Crippen LogP contribution in [0.15, 0.2) is 18.2 Å². The molecule has 0 radical (unpaired) electrons. The van der Waals surface area contributed by atoms with E-state index in [1.807, 2.05) is 6.07 Å². The fourth-order valence-corrected chi connectivity index (χ4v) is 2.68. The molecule has 1 saturated heterocycles. The number of anilines is 1. The van der Waals surface area contributed by atoms with E-state index in [1.165, 1.54) is 30.5 Å². The molecule has 2 nitrogen and oxygen atoms in total. The Morgan fingerprint density at radius 3 is 2.61 bits per heavy atom. The number of piperidine rings is 1. The van der Waals surface area contributed by atoms with E-state index >= 15 is 0 Å². The van der Waals surface area contributed by atoms with Gasteiger partial charge in [0, 0.05) is 24.3 Å². The minimum atomic E-state index is 0.516. The number of rotatable bonds is 4. The van der Waals surface area contributed by atoms with Crippen LogP contribution in [-0.2, 0) is 0 Å². The first-order valence-corrected chi connectivity index (χ1v) is 7.10. The highest BCUT2D eigenvalue weighted by atomic mass is 16.1. The van der Waals surface area contributed by atoms with Gasteiger partial charge in [-0.05, 0) is 55.4 Å². The smallest absolute Gasteiger partial charge is 0.150 e. The highest BCUT2D eigenvalue weighted by molar-refractivity contribution is 5.77. The van der Waals surface area contributed by atoms with Gasteiger partial charge in [0.1, 0.15) is 6.29 Å². The number of hydrogen-bond donors (Lipinski definition) is 0. The molecule has 0 N–H and O–H groups in total. The van der Waals surface area contributed by atoms with Gasteiger partial charge in [-0.3, -0.25) is 4.79 Å². The molecule has 1 aliphatic heterocycles. The molecule has 2 heteroatoms. The van der Waals surface area contributed by atoms with Gasteiger partial charge < -0.3 is 4.90 Å². The Kier molecular flexibility index (Phi) is 4.40. The fraction of sp³-hybridized carbons (Fsp3) is 0.562. The highest BCUT2D eigenvalue weighted by Crippen LogP contribution is 2.32. The summed E-state index contributed by atoms with van der Waals surface area (Å²) in [6.45, 7) is 6.77. The molecule has 0 aliphatic carbocycles. The Balaban J connectivity index is 2.34. The second-order valence-corrected chi connectivity index (χ2v) is 5.29. The van der Waals surface area contributed by atoms with E-state index < -0.39 is 0 Å². The zero-order valence-corrected chi connectivity index (χ0v) is 11.5. The van der Waals surface area contributed by atoms with Crippen LogP contribution < -0.4 is 4.90 Å². The summed E-state index contributed by atoms with van der Waals surface area (Å²) in [4.78, 5) is 13.4. The van der Waals surface area contributed by atoms with Crippen molar-refractivity contribution < 1.29 is 4.79 Å². The monoisotopic (exact) mass is 245 g/mol. The van der Waals surface area contributed by atoms with Gasteiger partial charge in [-0.15, -0.1) is 0 Å². The maximum absolute atomic E-state index is 10.9. The Morgan fingerprint density at radius 1 is 1.28 bits per heavy atom. The van der Waals surface area contributed by atoms with Gasteiger partial charge in [0.15, 0.2) is 0 Å². The van der Waals surface area contributed by atoms with Crippen molar-refractivity contribution in [3.63, 3.8) is 0 Å². The lowest BCUT2D eigenvalue weighted by atomic mass is 9.94. The Morgan fingerprint density at radius 2 is 2.00 bits per heavy atom. The molecule has 98 valence electrons. The van der Waals surface area contributed by atoms with E-state index in [2.05, 4.69) is 30.9 Å². The van der Waals surface area contributed by atoms with E-state index in [4.69, 9.17) is 0 Å². The molecular weight excluding hydrogens is 222 g/mol. The standard InChI is InChI=1S/C16H23NO/c1-3-13(2)15-11-14(12-18)7-8-16(15)17-9-5-4-6-10-17/h7-8,11-13H,3-6,9-10H2,1-2H3/t13-/m0/s1. The number of nitrogens with zero attached hydrogens (tertiary/aromatic N) is 1. The zero-order valence-electron chi connectivity index (χ0n) is 11.5. The zero-order chi connectivity index (χ0) is 13.0. The van der Waals surface area contributed by atoms with Crippen LogP contribution in [0.5, 0.6) is 0 Å². The third kappa shape index (κ3) is 2.74. The first kappa shape index (κ1) is 13.1. The van der Waals surface area contributed by atoms with Gasteiger partial charge >= 0.3 is 0 Å². The van der Waals surface area contributed by atoms with Crippen molar-refractivity contribution in [1.82, 2.24) is 0 Å². The predicted octanol–water partition coefficient (Wildman–Crippen LogP) is 4.00. The molecule has 1 aromatic rings. The Bertz CT molecular complexity index is 408. The molecule has 0 aromatic heterocycles. The summed E-state index contributed by atoms with van der Waals surface area (Å²) in [5, 5.41) is 0. The summed E-state index contributed by atoms with van der Waals surface area (Å²) < 4.78 is 0.